The Morgan fingerprint density at radius 2 is 1.79 bits per heavy atom. The molecule has 1 amide bonds. The molecule has 0 aromatic heterocycles. The minimum Gasteiger partial charge on any atom is -0.379 e. The van der Waals surface area contributed by atoms with Gasteiger partial charge in [-0.15, -0.1) is 0 Å². The molecule has 0 bridgehead atoms. The van der Waals surface area contributed by atoms with E-state index in [1.54, 1.807) is 26.0 Å². The van der Waals surface area contributed by atoms with Crippen molar-refractivity contribution >= 4 is 27.5 Å². The molecule has 0 spiro atoms. The molecular weight excluding hydrogens is 469 g/mol. The average molecular weight is 498 g/mol. The lowest BCUT2D eigenvalue weighted by Crippen LogP contribution is -2.43. The van der Waals surface area contributed by atoms with E-state index in [9.17, 15) is 17.6 Å². The second kappa shape index (κ2) is 11.4. The molecule has 1 N–H and O–H groups in total. The summed E-state index contributed by atoms with van der Waals surface area (Å²) in [6, 6.07) is 10.1. The maximum Gasteiger partial charge on any atom is 0.252 e. The molecule has 1 unspecified atom stereocenters. The van der Waals surface area contributed by atoms with Gasteiger partial charge in [0, 0.05) is 32.7 Å². The van der Waals surface area contributed by atoms with E-state index < -0.39 is 15.9 Å². The minimum absolute atomic E-state index is 0.0176. The van der Waals surface area contributed by atoms with Gasteiger partial charge in [0.05, 0.1) is 34.7 Å². The van der Waals surface area contributed by atoms with Crippen LogP contribution in [0, 0.1) is 5.82 Å². The number of benzene rings is 2. The maximum atomic E-state index is 13.4. The Balaban J connectivity index is 1.82. The van der Waals surface area contributed by atoms with Crippen LogP contribution in [0.15, 0.2) is 47.4 Å². The predicted molar refractivity (Wildman–Crippen MR) is 125 cm³/mol. The van der Waals surface area contributed by atoms with E-state index >= 15 is 0 Å². The summed E-state index contributed by atoms with van der Waals surface area (Å²) in [6.45, 7) is 6.90. The summed E-state index contributed by atoms with van der Waals surface area (Å²) < 4.78 is 45.9. The first-order chi connectivity index (χ1) is 15.8. The standard InChI is InChI=1S/C23H29ClFN3O4S/c1-3-28(4-2)33(30,31)19-9-10-21(24)20(15-19)23(29)26-16-22(27-11-13-32-14-12-27)17-5-7-18(25)8-6-17/h5-10,15,22H,3-4,11-14,16H2,1-2H3,(H,26,29). The number of nitrogens with one attached hydrogen (secondary N) is 1. The van der Waals surface area contributed by atoms with Gasteiger partial charge in [-0.25, -0.2) is 12.8 Å². The van der Waals surface area contributed by atoms with E-state index in [1.807, 2.05) is 0 Å². The van der Waals surface area contributed by atoms with Crippen LogP contribution in [0.2, 0.25) is 5.02 Å². The number of nitrogens with zero attached hydrogens (tertiary/aromatic N) is 2. The number of sulfonamides is 1. The van der Waals surface area contributed by atoms with Crippen molar-refractivity contribution in [2.75, 3.05) is 45.9 Å². The third-order valence-corrected chi connectivity index (χ3v) is 8.10. The Kier molecular flexibility index (Phi) is 8.83. The summed E-state index contributed by atoms with van der Waals surface area (Å²) in [6.07, 6.45) is 0. The first-order valence-electron chi connectivity index (χ1n) is 10.9. The Hall–Kier alpha value is -2.04. The van der Waals surface area contributed by atoms with E-state index in [4.69, 9.17) is 16.3 Å². The number of amides is 1. The zero-order valence-corrected chi connectivity index (χ0v) is 20.3. The van der Waals surface area contributed by atoms with Crippen molar-refractivity contribution in [2.24, 2.45) is 0 Å². The first-order valence-corrected chi connectivity index (χ1v) is 12.7. The number of hydrogen-bond acceptors (Lipinski definition) is 5. The Morgan fingerprint density at radius 1 is 1.15 bits per heavy atom. The van der Waals surface area contributed by atoms with Crippen molar-refractivity contribution in [2.45, 2.75) is 24.8 Å². The smallest absolute Gasteiger partial charge is 0.252 e. The molecule has 1 aliphatic rings. The van der Waals surface area contributed by atoms with Crippen LogP contribution in [0.3, 0.4) is 0 Å². The maximum absolute atomic E-state index is 13.4. The van der Waals surface area contributed by atoms with E-state index in [2.05, 4.69) is 10.2 Å². The summed E-state index contributed by atoms with van der Waals surface area (Å²) in [5.41, 5.74) is 0.951. The lowest BCUT2D eigenvalue weighted by atomic mass is 10.0. The Bertz CT molecular complexity index is 1060. The zero-order chi connectivity index (χ0) is 24.0. The molecule has 2 aromatic carbocycles. The van der Waals surface area contributed by atoms with Crippen LogP contribution < -0.4 is 5.32 Å². The van der Waals surface area contributed by atoms with Crippen LogP contribution >= 0.6 is 11.6 Å². The highest BCUT2D eigenvalue weighted by atomic mass is 35.5. The van der Waals surface area contributed by atoms with Gasteiger partial charge < -0.3 is 10.1 Å². The van der Waals surface area contributed by atoms with Crippen LogP contribution in [0.25, 0.3) is 0 Å². The summed E-state index contributed by atoms with van der Waals surface area (Å²) in [4.78, 5) is 15.2. The molecule has 10 heteroatoms. The van der Waals surface area contributed by atoms with Gasteiger partial charge in [0.15, 0.2) is 0 Å². The van der Waals surface area contributed by atoms with Crippen molar-refractivity contribution in [1.82, 2.24) is 14.5 Å². The van der Waals surface area contributed by atoms with Gasteiger partial charge >= 0.3 is 0 Å². The van der Waals surface area contributed by atoms with Gasteiger partial charge in [-0.3, -0.25) is 9.69 Å². The van der Waals surface area contributed by atoms with Crippen LogP contribution in [0.4, 0.5) is 4.39 Å². The SMILES string of the molecule is CCN(CC)S(=O)(=O)c1ccc(Cl)c(C(=O)NCC(c2ccc(F)cc2)N2CCOCC2)c1. The molecule has 3 rings (SSSR count). The van der Waals surface area contributed by atoms with E-state index in [0.29, 0.717) is 39.4 Å². The quantitative estimate of drug-likeness (QED) is 0.575. The highest BCUT2D eigenvalue weighted by Gasteiger charge is 2.26. The van der Waals surface area contributed by atoms with Crippen LogP contribution in [-0.2, 0) is 14.8 Å². The molecule has 0 saturated carbocycles. The fourth-order valence-corrected chi connectivity index (χ4v) is 5.56. The number of carbonyl (C=O) groups excluding carboxylic acids is 1. The third-order valence-electron chi connectivity index (χ3n) is 5.72. The monoisotopic (exact) mass is 497 g/mol. The number of carbonyl (C=O) groups is 1. The fraction of sp³-hybridized carbons (Fsp3) is 0.435. The molecule has 180 valence electrons. The average Bonchev–Trinajstić information content (AvgIpc) is 2.81. The molecule has 2 aromatic rings. The largest absolute Gasteiger partial charge is 0.379 e. The second-order valence-corrected chi connectivity index (χ2v) is 10.0. The molecule has 0 radical (unpaired) electrons. The van der Waals surface area contributed by atoms with Crippen molar-refractivity contribution in [3.63, 3.8) is 0 Å². The van der Waals surface area contributed by atoms with Gasteiger partial charge in [0.1, 0.15) is 5.82 Å². The lowest BCUT2D eigenvalue weighted by molar-refractivity contribution is 0.0162. The minimum atomic E-state index is -3.73. The van der Waals surface area contributed by atoms with Crippen LogP contribution in [0.1, 0.15) is 35.8 Å². The molecule has 1 aliphatic heterocycles. The third kappa shape index (κ3) is 6.10. The summed E-state index contributed by atoms with van der Waals surface area (Å²) >= 11 is 6.25. The van der Waals surface area contributed by atoms with Gasteiger partial charge in [0.25, 0.3) is 5.91 Å². The molecule has 0 aliphatic carbocycles. The van der Waals surface area contributed by atoms with Crippen LogP contribution in [-0.4, -0.2) is 69.5 Å². The normalized spacial score (nSPS) is 16.0. The number of rotatable bonds is 9. The number of ether oxygens (including phenoxy) is 1. The van der Waals surface area contributed by atoms with Gasteiger partial charge in [-0.05, 0) is 35.9 Å². The number of hydrogen-bond donors (Lipinski definition) is 1. The van der Waals surface area contributed by atoms with Crippen molar-refractivity contribution < 1.29 is 22.3 Å². The molecule has 33 heavy (non-hydrogen) atoms. The van der Waals surface area contributed by atoms with Crippen molar-refractivity contribution in [3.8, 4) is 0 Å². The number of halogens is 2. The molecule has 1 saturated heterocycles. The highest BCUT2D eigenvalue weighted by molar-refractivity contribution is 7.89. The van der Waals surface area contributed by atoms with Gasteiger partial charge in [-0.1, -0.05) is 37.6 Å². The van der Waals surface area contributed by atoms with Crippen molar-refractivity contribution in [1.29, 1.82) is 0 Å². The summed E-state index contributed by atoms with van der Waals surface area (Å²) in [5, 5.41) is 3.04. The molecular formula is C23H29ClFN3O4S. The Labute approximate surface area is 199 Å². The van der Waals surface area contributed by atoms with Gasteiger partial charge in [0.2, 0.25) is 10.0 Å². The molecule has 1 heterocycles. The molecule has 1 atom stereocenters. The zero-order valence-electron chi connectivity index (χ0n) is 18.8. The summed E-state index contributed by atoms with van der Waals surface area (Å²) in [7, 11) is -3.73. The first kappa shape index (κ1) is 25.6. The highest BCUT2D eigenvalue weighted by Crippen LogP contribution is 2.25. The summed E-state index contributed by atoms with van der Waals surface area (Å²) in [5.74, 6) is -0.807. The fourth-order valence-electron chi connectivity index (χ4n) is 3.87. The van der Waals surface area contributed by atoms with Gasteiger partial charge in [-0.2, -0.15) is 4.31 Å². The Morgan fingerprint density at radius 3 is 2.39 bits per heavy atom. The topological polar surface area (TPSA) is 79.0 Å². The predicted octanol–water partition coefficient (Wildman–Crippen LogP) is 3.31. The number of morpholine rings is 1. The van der Waals surface area contributed by atoms with Crippen LogP contribution in [0.5, 0.6) is 0 Å². The van der Waals surface area contributed by atoms with E-state index in [0.717, 1.165) is 5.56 Å². The van der Waals surface area contributed by atoms with E-state index in [-0.39, 0.29) is 33.9 Å². The lowest BCUT2D eigenvalue weighted by Gasteiger charge is -2.35. The second-order valence-electron chi connectivity index (χ2n) is 7.66. The van der Waals surface area contributed by atoms with Crippen molar-refractivity contribution in [3.05, 3.63) is 64.4 Å². The molecule has 1 fully saturated rings. The van der Waals surface area contributed by atoms with E-state index in [1.165, 1.54) is 34.6 Å². The molecule has 7 nitrogen and oxygen atoms in total.